The van der Waals surface area contributed by atoms with Crippen molar-refractivity contribution in [2.75, 3.05) is 18.8 Å². The van der Waals surface area contributed by atoms with Crippen molar-refractivity contribution in [2.45, 2.75) is 37.6 Å². The summed E-state index contributed by atoms with van der Waals surface area (Å²) in [5.41, 5.74) is 0. The Morgan fingerprint density at radius 3 is 2.79 bits per heavy atom. The van der Waals surface area contributed by atoms with Crippen LogP contribution in [0, 0.1) is 0 Å². The molecule has 2 unspecified atom stereocenters. The van der Waals surface area contributed by atoms with Gasteiger partial charge in [0.25, 0.3) is 0 Å². The number of carbonyl (C=O) groups is 1. The van der Waals surface area contributed by atoms with Gasteiger partial charge >= 0.3 is 0 Å². The van der Waals surface area contributed by atoms with Crippen molar-refractivity contribution in [3.8, 4) is 0 Å². The summed E-state index contributed by atoms with van der Waals surface area (Å²) in [5, 5.41) is 3.78. The number of hydrogen-bond acceptors (Lipinski definition) is 3. The van der Waals surface area contributed by atoms with E-state index in [-0.39, 0.29) is 0 Å². The van der Waals surface area contributed by atoms with Crippen LogP contribution in [0.15, 0.2) is 0 Å². The molecule has 0 bridgehead atoms. The Balaban J connectivity index is 1.76. The van der Waals surface area contributed by atoms with Gasteiger partial charge in [0.05, 0.1) is 11.8 Å². The van der Waals surface area contributed by atoms with Crippen molar-refractivity contribution in [3.63, 3.8) is 0 Å². The van der Waals surface area contributed by atoms with E-state index in [1.807, 2.05) is 16.7 Å². The molecule has 2 aliphatic heterocycles. The number of amides is 1. The highest BCUT2D eigenvalue weighted by Crippen LogP contribution is 2.22. The lowest BCUT2D eigenvalue weighted by molar-refractivity contribution is -0.130. The van der Waals surface area contributed by atoms with E-state index in [1.165, 1.54) is 12.8 Å². The third-order valence-corrected chi connectivity index (χ3v) is 4.23. The molecule has 0 spiro atoms. The van der Waals surface area contributed by atoms with Crippen molar-refractivity contribution in [1.29, 1.82) is 0 Å². The van der Waals surface area contributed by atoms with Crippen molar-refractivity contribution in [2.24, 2.45) is 0 Å². The molecule has 2 fully saturated rings. The predicted octanol–water partition coefficient (Wildman–Crippen LogP) is 1.05. The van der Waals surface area contributed by atoms with Crippen LogP contribution >= 0.6 is 11.8 Å². The van der Waals surface area contributed by atoms with Gasteiger partial charge in [-0.25, -0.2) is 0 Å². The van der Waals surface area contributed by atoms with Crippen molar-refractivity contribution < 1.29 is 4.79 Å². The lowest BCUT2D eigenvalue weighted by atomic mass is 10.3. The number of nitrogens with zero attached hydrogens (tertiary/aromatic N) is 1. The molecule has 80 valence electrons. The summed E-state index contributed by atoms with van der Waals surface area (Å²) in [5.74, 6) is 1.47. The zero-order chi connectivity index (χ0) is 9.97. The number of thioether (sulfide) groups is 1. The maximum absolute atomic E-state index is 11.8. The molecule has 4 heteroatoms. The quantitative estimate of drug-likeness (QED) is 0.746. The molecule has 2 rings (SSSR count). The summed E-state index contributed by atoms with van der Waals surface area (Å²) >= 11 is 1.88. The van der Waals surface area contributed by atoms with Crippen LogP contribution in [0.5, 0.6) is 0 Å². The highest BCUT2D eigenvalue weighted by Gasteiger charge is 2.26. The average molecular weight is 214 g/mol. The van der Waals surface area contributed by atoms with E-state index in [9.17, 15) is 4.79 Å². The summed E-state index contributed by atoms with van der Waals surface area (Å²) in [6.07, 6.45) is 3.05. The third kappa shape index (κ3) is 2.42. The maximum Gasteiger partial charge on any atom is 0.225 e. The Bertz CT molecular complexity index is 216. The van der Waals surface area contributed by atoms with Gasteiger partial charge in [0.15, 0.2) is 0 Å². The fraction of sp³-hybridized carbons (Fsp3) is 0.900. The van der Waals surface area contributed by atoms with Crippen LogP contribution in [-0.4, -0.2) is 41.1 Å². The molecule has 3 nitrogen and oxygen atoms in total. The molecule has 14 heavy (non-hydrogen) atoms. The summed E-state index contributed by atoms with van der Waals surface area (Å²) in [4.78, 5) is 13.8. The normalized spacial score (nSPS) is 32.5. The monoisotopic (exact) mass is 214 g/mol. The van der Waals surface area contributed by atoms with E-state index < -0.39 is 0 Å². The number of carbonyl (C=O) groups excluding carboxylic acids is 1. The lowest BCUT2D eigenvalue weighted by Gasteiger charge is -2.17. The van der Waals surface area contributed by atoms with Crippen LogP contribution in [-0.2, 0) is 4.79 Å². The highest BCUT2D eigenvalue weighted by molar-refractivity contribution is 8.00. The van der Waals surface area contributed by atoms with Crippen LogP contribution in [0.4, 0.5) is 0 Å². The second-order valence-corrected chi connectivity index (χ2v) is 5.42. The Morgan fingerprint density at radius 2 is 2.21 bits per heavy atom. The molecule has 2 aliphatic rings. The van der Waals surface area contributed by atoms with E-state index in [0.29, 0.717) is 23.7 Å². The molecular weight excluding hydrogens is 196 g/mol. The average Bonchev–Trinajstić information content (AvgIpc) is 2.75. The molecule has 2 atom stereocenters. The topological polar surface area (TPSA) is 32.3 Å². The van der Waals surface area contributed by atoms with E-state index in [0.717, 1.165) is 18.8 Å². The van der Waals surface area contributed by atoms with Crippen LogP contribution < -0.4 is 5.32 Å². The number of nitrogens with one attached hydrogen (secondary N) is 1. The molecule has 0 radical (unpaired) electrons. The van der Waals surface area contributed by atoms with Crippen LogP contribution in [0.2, 0.25) is 0 Å². The lowest BCUT2D eigenvalue weighted by Crippen LogP contribution is -2.35. The summed E-state index contributed by atoms with van der Waals surface area (Å²) in [6.45, 7) is 4.13. The van der Waals surface area contributed by atoms with E-state index >= 15 is 0 Å². The Kier molecular flexibility index (Phi) is 3.34. The molecule has 0 aromatic heterocycles. The zero-order valence-corrected chi connectivity index (χ0v) is 9.48. The van der Waals surface area contributed by atoms with E-state index in [2.05, 4.69) is 12.2 Å². The van der Waals surface area contributed by atoms with Gasteiger partial charge in [0.1, 0.15) is 0 Å². The second kappa shape index (κ2) is 4.53. The minimum atomic E-state index is 0.335. The number of hydrogen-bond donors (Lipinski definition) is 1. The minimum absolute atomic E-state index is 0.335. The third-order valence-electron chi connectivity index (χ3n) is 2.84. The fourth-order valence-corrected chi connectivity index (χ4v) is 3.25. The summed E-state index contributed by atoms with van der Waals surface area (Å²) in [6, 6.07) is 0.566. The molecule has 1 amide bonds. The van der Waals surface area contributed by atoms with Crippen molar-refractivity contribution in [3.05, 3.63) is 0 Å². The first kappa shape index (κ1) is 10.3. The van der Waals surface area contributed by atoms with Gasteiger partial charge in [-0.05, 0) is 19.8 Å². The van der Waals surface area contributed by atoms with Gasteiger partial charge in [-0.15, -0.1) is 11.8 Å². The maximum atomic E-state index is 11.8. The Hall–Kier alpha value is -0.220. The second-order valence-electron chi connectivity index (χ2n) is 4.18. The van der Waals surface area contributed by atoms with E-state index in [4.69, 9.17) is 0 Å². The number of likely N-dealkylation sites (tertiary alicyclic amines) is 1. The van der Waals surface area contributed by atoms with Crippen LogP contribution in [0.1, 0.15) is 26.2 Å². The first-order valence-electron chi connectivity index (χ1n) is 5.41. The van der Waals surface area contributed by atoms with Crippen LogP contribution in [0.3, 0.4) is 0 Å². The molecule has 1 N–H and O–H groups in total. The molecule has 0 aromatic carbocycles. The molecule has 2 saturated heterocycles. The molecule has 0 aliphatic carbocycles. The standard InChI is InChI=1S/C10H18N2OS/c1-8-7-14-9(11-8)6-10(13)12-4-2-3-5-12/h8-9,11H,2-7H2,1H3. The van der Waals surface area contributed by atoms with Crippen molar-refractivity contribution in [1.82, 2.24) is 10.2 Å². The van der Waals surface area contributed by atoms with Gasteiger partial charge in [-0.1, -0.05) is 0 Å². The predicted molar refractivity (Wildman–Crippen MR) is 59.3 cm³/mol. The van der Waals surface area contributed by atoms with Gasteiger partial charge < -0.3 is 10.2 Å². The van der Waals surface area contributed by atoms with Crippen LogP contribution in [0.25, 0.3) is 0 Å². The minimum Gasteiger partial charge on any atom is -0.343 e. The van der Waals surface area contributed by atoms with Gasteiger partial charge in [-0.2, -0.15) is 0 Å². The first-order chi connectivity index (χ1) is 6.75. The molecule has 0 saturated carbocycles. The van der Waals surface area contributed by atoms with Crippen molar-refractivity contribution >= 4 is 17.7 Å². The molecule has 0 aromatic rings. The Morgan fingerprint density at radius 1 is 1.50 bits per heavy atom. The van der Waals surface area contributed by atoms with Gasteiger partial charge in [0, 0.05) is 24.9 Å². The largest absolute Gasteiger partial charge is 0.343 e. The van der Waals surface area contributed by atoms with Gasteiger partial charge in [-0.3, -0.25) is 4.79 Å². The Labute approximate surface area is 89.6 Å². The number of rotatable bonds is 2. The zero-order valence-electron chi connectivity index (χ0n) is 8.66. The molecular formula is C10H18N2OS. The first-order valence-corrected chi connectivity index (χ1v) is 6.46. The fourth-order valence-electron chi connectivity index (χ4n) is 2.05. The summed E-state index contributed by atoms with van der Waals surface area (Å²) in [7, 11) is 0. The molecule has 2 heterocycles. The SMILES string of the molecule is CC1CSC(CC(=O)N2CCCC2)N1. The van der Waals surface area contributed by atoms with Gasteiger partial charge in [0.2, 0.25) is 5.91 Å². The highest BCUT2D eigenvalue weighted by atomic mass is 32.2. The van der Waals surface area contributed by atoms with E-state index in [1.54, 1.807) is 0 Å². The smallest absolute Gasteiger partial charge is 0.225 e. The summed E-state index contributed by atoms with van der Waals surface area (Å²) < 4.78 is 0.